The van der Waals surface area contributed by atoms with Crippen molar-refractivity contribution >= 4 is 0 Å². The van der Waals surface area contributed by atoms with Crippen LogP contribution in [-0.2, 0) is 6.42 Å². The van der Waals surface area contributed by atoms with Crippen LogP contribution in [0.3, 0.4) is 0 Å². The number of aliphatic hydroxyl groups is 1. The monoisotopic (exact) mass is 244 g/mol. The number of rotatable bonds is 4. The Balaban J connectivity index is 2.06. The first-order valence-corrected chi connectivity index (χ1v) is 6.38. The molecule has 0 bridgehead atoms. The highest BCUT2D eigenvalue weighted by Gasteiger charge is 2.18. The van der Waals surface area contributed by atoms with E-state index in [0.717, 1.165) is 35.5 Å². The Labute approximate surface area is 108 Å². The van der Waals surface area contributed by atoms with Crippen molar-refractivity contribution in [2.75, 3.05) is 0 Å². The zero-order chi connectivity index (χ0) is 13.1. The van der Waals surface area contributed by atoms with Crippen molar-refractivity contribution in [3.05, 3.63) is 58.5 Å². The van der Waals surface area contributed by atoms with Crippen LogP contribution in [0.2, 0.25) is 0 Å². The van der Waals surface area contributed by atoms with Crippen LogP contribution in [-0.4, -0.2) is 5.11 Å². The van der Waals surface area contributed by atoms with Crippen molar-refractivity contribution in [3.63, 3.8) is 0 Å². The first-order valence-electron chi connectivity index (χ1n) is 6.38. The van der Waals surface area contributed by atoms with Gasteiger partial charge in [-0.1, -0.05) is 30.3 Å². The third kappa shape index (κ3) is 2.65. The molecule has 2 aromatic rings. The lowest BCUT2D eigenvalue weighted by molar-refractivity contribution is 0.165. The van der Waals surface area contributed by atoms with Crippen LogP contribution in [0.5, 0.6) is 0 Å². The molecular weight excluding hydrogens is 224 g/mol. The second kappa shape index (κ2) is 5.40. The van der Waals surface area contributed by atoms with Gasteiger partial charge in [0.2, 0.25) is 0 Å². The third-order valence-electron chi connectivity index (χ3n) is 3.50. The Kier molecular flexibility index (Phi) is 3.87. The van der Waals surface area contributed by atoms with E-state index < -0.39 is 6.10 Å². The van der Waals surface area contributed by atoms with Crippen molar-refractivity contribution in [1.29, 1.82) is 0 Å². The smallest absolute Gasteiger partial charge is 0.107 e. The molecule has 0 saturated carbocycles. The molecule has 0 aliphatic rings. The van der Waals surface area contributed by atoms with Gasteiger partial charge in [0.1, 0.15) is 11.5 Å². The predicted octanol–water partition coefficient (Wildman–Crippen LogP) is 3.87. The standard InChI is InChI=1S/C16H20O2/c1-11-12(2)18-13(3)16(11)15(17)10-9-14-7-5-4-6-8-14/h4-8,15,17H,9-10H2,1-3H3. The lowest BCUT2D eigenvalue weighted by Gasteiger charge is -2.11. The van der Waals surface area contributed by atoms with Crippen molar-refractivity contribution in [2.45, 2.75) is 39.7 Å². The zero-order valence-electron chi connectivity index (χ0n) is 11.2. The Morgan fingerprint density at radius 1 is 1.06 bits per heavy atom. The summed E-state index contributed by atoms with van der Waals surface area (Å²) in [5.41, 5.74) is 3.29. The van der Waals surface area contributed by atoms with Crippen LogP contribution in [0.4, 0.5) is 0 Å². The Morgan fingerprint density at radius 3 is 2.28 bits per heavy atom. The van der Waals surface area contributed by atoms with E-state index in [1.807, 2.05) is 39.0 Å². The summed E-state index contributed by atoms with van der Waals surface area (Å²) in [7, 11) is 0. The molecule has 18 heavy (non-hydrogen) atoms. The van der Waals surface area contributed by atoms with Gasteiger partial charge in [-0.25, -0.2) is 0 Å². The highest BCUT2D eigenvalue weighted by Crippen LogP contribution is 2.29. The zero-order valence-corrected chi connectivity index (χ0v) is 11.2. The van der Waals surface area contributed by atoms with Crippen molar-refractivity contribution in [3.8, 4) is 0 Å². The van der Waals surface area contributed by atoms with Crippen molar-refractivity contribution < 1.29 is 9.52 Å². The molecule has 0 aliphatic heterocycles. The molecule has 2 nitrogen and oxygen atoms in total. The summed E-state index contributed by atoms with van der Waals surface area (Å²) in [6.45, 7) is 5.86. The fourth-order valence-corrected chi connectivity index (χ4v) is 2.39. The maximum atomic E-state index is 10.3. The molecule has 1 aromatic carbocycles. The highest BCUT2D eigenvalue weighted by molar-refractivity contribution is 5.33. The van der Waals surface area contributed by atoms with Gasteiger partial charge in [-0.15, -0.1) is 0 Å². The summed E-state index contributed by atoms with van der Waals surface area (Å²) in [4.78, 5) is 0. The van der Waals surface area contributed by atoms with E-state index >= 15 is 0 Å². The molecule has 1 aromatic heterocycles. The molecule has 2 rings (SSSR count). The van der Waals surface area contributed by atoms with Gasteiger partial charge in [0.25, 0.3) is 0 Å². The molecule has 1 unspecified atom stereocenters. The Morgan fingerprint density at radius 2 is 1.72 bits per heavy atom. The number of aryl methyl sites for hydroxylation is 3. The van der Waals surface area contributed by atoms with Gasteiger partial charge in [0, 0.05) is 5.56 Å². The maximum Gasteiger partial charge on any atom is 0.107 e. The Bertz CT molecular complexity index is 511. The van der Waals surface area contributed by atoms with Crippen LogP contribution in [0.15, 0.2) is 34.7 Å². The van der Waals surface area contributed by atoms with E-state index in [0.29, 0.717) is 0 Å². The summed E-state index contributed by atoms with van der Waals surface area (Å²) in [5, 5.41) is 10.3. The number of hydrogen-bond donors (Lipinski definition) is 1. The van der Waals surface area contributed by atoms with E-state index in [9.17, 15) is 5.11 Å². The first-order chi connectivity index (χ1) is 8.59. The predicted molar refractivity (Wildman–Crippen MR) is 72.6 cm³/mol. The first kappa shape index (κ1) is 12.9. The summed E-state index contributed by atoms with van der Waals surface area (Å²) in [5.74, 6) is 1.74. The largest absolute Gasteiger partial charge is 0.466 e. The van der Waals surface area contributed by atoms with Gasteiger partial charge in [-0.05, 0) is 44.7 Å². The molecule has 1 N–H and O–H groups in total. The SMILES string of the molecule is Cc1oc(C)c(C(O)CCc2ccccc2)c1C. The van der Waals surface area contributed by atoms with E-state index in [-0.39, 0.29) is 0 Å². The molecule has 1 heterocycles. The summed E-state index contributed by atoms with van der Waals surface area (Å²) in [6, 6.07) is 10.2. The third-order valence-corrected chi connectivity index (χ3v) is 3.50. The quantitative estimate of drug-likeness (QED) is 0.885. The highest BCUT2D eigenvalue weighted by atomic mass is 16.3. The van der Waals surface area contributed by atoms with E-state index in [1.54, 1.807) is 0 Å². The fraction of sp³-hybridized carbons (Fsp3) is 0.375. The average Bonchev–Trinajstić information content (AvgIpc) is 2.62. The second-order valence-corrected chi connectivity index (χ2v) is 4.79. The van der Waals surface area contributed by atoms with E-state index in [4.69, 9.17) is 4.42 Å². The minimum absolute atomic E-state index is 0.442. The van der Waals surface area contributed by atoms with Gasteiger partial charge in [0.15, 0.2) is 0 Å². The number of furan rings is 1. The molecule has 0 saturated heterocycles. The van der Waals surface area contributed by atoms with Crippen LogP contribution in [0.1, 0.15) is 40.7 Å². The second-order valence-electron chi connectivity index (χ2n) is 4.79. The van der Waals surface area contributed by atoms with Gasteiger partial charge >= 0.3 is 0 Å². The maximum absolute atomic E-state index is 10.3. The summed E-state index contributed by atoms with van der Waals surface area (Å²) < 4.78 is 5.56. The molecular formula is C16H20O2. The topological polar surface area (TPSA) is 33.4 Å². The molecule has 96 valence electrons. The molecule has 0 spiro atoms. The van der Waals surface area contributed by atoms with Crippen molar-refractivity contribution in [1.82, 2.24) is 0 Å². The summed E-state index contributed by atoms with van der Waals surface area (Å²) in [6.07, 6.45) is 1.16. The summed E-state index contributed by atoms with van der Waals surface area (Å²) >= 11 is 0. The van der Waals surface area contributed by atoms with Gasteiger partial charge in [0.05, 0.1) is 6.10 Å². The van der Waals surface area contributed by atoms with E-state index in [1.165, 1.54) is 5.56 Å². The van der Waals surface area contributed by atoms with Gasteiger partial charge in [-0.2, -0.15) is 0 Å². The molecule has 0 amide bonds. The average molecular weight is 244 g/mol. The lowest BCUT2D eigenvalue weighted by Crippen LogP contribution is -2.02. The van der Waals surface area contributed by atoms with Gasteiger partial charge < -0.3 is 9.52 Å². The molecule has 0 fully saturated rings. The minimum atomic E-state index is -0.442. The molecule has 2 heteroatoms. The number of benzene rings is 1. The van der Waals surface area contributed by atoms with Crippen LogP contribution in [0, 0.1) is 20.8 Å². The van der Waals surface area contributed by atoms with Gasteiger partial charge in [-0.3, -0.25) is 0 Å². The molecule has 1 atom stereocenters. The van der Waals surface area contributed by atoms with Crippen molar-refractivity contribution in [2.24, 2.45) is 0 Å². The van der Waals surface area contributed by atoms with Crippen LogP contribution in [0.25, 0.3) is 0 Å². The fourth-order valence-electron chi connectivity index (χ4n) is 2.39. The number of aliphatic hydroxyl groups excluding tert-OH is 1. The minimum Gasteiger partial charge on any atom is -0.466 e. The number of hydrogen-bond acceptors (Lipinski definition) is 2. The Hall–Kier alpha value is -1.54. The molecule has 0 radical (unpaired) electrons. The normalized spacial score (nSPS) is 12.7. The molecule has 0 aliphatic carbocycles. The van der Waals surface area contributed by atoms with Crippen LogP contribution >= 0.6 is 0 Å². The lowest BCUT2D eigenvalue weighted by atomic mass is 9.98. The van der Waals surface area contributed by atoms with E-state index in [2.05, 4.69) is 12.1 Å². The van der Waals surface area contributed by atoms with Crippen LogP contribution < -0.4 is 0 Å².